The minimum atomic E-state index is 0.857. The molecule has 4 heterocycles. The lowest BCUT2D eigenvalue weighted by Gasteiger charge is -2.27. The fourth-order valence-corrected chi connectivity index (χ4v) is 13.2. The van der Waals surface area contributed by atoms with E-state index in [9.17, 15) is 0 Å². The third-order valence-electron chi connectivity index (χ3n) is 14.0. The van der Waals surface area contributed by atoms with Crippen molar-refractivity contribution in [3.63, 3.8) is 0 Å². The molecule has 0 saturated carbocycles. The molecule has 0 aliphatic rings. The summed E-state index contributed by atoms with van der Waals surface area (Å²) in [6.07, 6.45) is 0. The summed E-state index contributed by atoms with van der Waals surface area (Å²) in [4.78, 5) is 4.81. The van der Waals surface area contributed by atoms with Crippen molar-refractivity contribution in [3.8, 4) is 11.1 Å². The molecule has 4 aromatic heterocycles. The van der Waals surface area contributed by atoms with Gasteiger partial charge in [0.05, 0.1) is 20.8 Å². The molecule has 0 aliphatic carbocycles. The van der Waals surface area contributed by atoms with Crippen molar-refractivity contribution in [3.05, 3.63) is 231 Å². The van der Waals surface area contributed by atoms with Crippen LogP contribution in [0.4, 0.5) is 34.1 Å². The first-order valence-corrected chi connectivity index (χ1v) is 25.2. The summed E-state index contributed by atoms with van der Waals surface area (Å²) in [6.45, 7) is 0. The van der Waals surface area contributed by atoms with E-state index in [2.05, 4.69) is 228 Å². The molecule has 0 unspecified atom stereocenters. The van der Waals surface area contributed by atoms with E-state index in [1.165, 1.54) is 45.7 Å². The monoisotopic (exact) mass is 930 g/mol. The first-order valence-electron chi connectivity index (χ1n) is 23.6. The fraction of sp³-hybridized carbons (Fsp3) is 0. The predicted octanol–water partition coefficient (Wildman–Crippen LogP) is 20.0. The molecule has 328 valence electrons. The van der Waals surface area contributed by atoms with Gasteiger partial charge in [0.25, 0.3) is 0 Å². The molecule has 0 saturated heterocycles. The van der Waals surface area contributed by atoms with E-state index >= 15 is 0 Å². The number of fused-ring (bicyclic) bond motifs is 14. The van der Waals surface area contributed by atoms with Crippen molar-refractivity contribution in [2.75, 3.05) is 9.80 Å². The van der Waals surface area contributed by atoms with Crippen LogP contribution in [-0.2, 0) is 0 Å². The number of rotatable bonds is 7. The molecule has 0 N–H and O–H groups in total. The first-order chi connectivity index (χ1) is 34.7. The predicted molar refractivity (Wildman–Crippen MR) is 299 cm³/mol. The SMILES string of the molecule is c1cc(-c2cccc(N(c3ccc4c(c3)oc3c5ccccc5ccc43)c3cccc4c3sc3ccccc34)c2)cc(N(c2ccc3c(c2)oc2ccccc23)c2cccc3c2sc2ccccc23)c1. The van der Waals surface area contributed by atoms with Crippen molar-refractivity contribution in [2.45, 2.75) is 0 Å². The van der Waals surface area contributed by atoms with Gasteiger partial charge < -0.3 is 18.6 Å². The minimum absolute atomic E-state index is 0.857. The molecular weight excluding hydrogens is 893 g/mol. The molecule has 0 bridgehead atoms. The van der Waals surface area contributed by atoms with Crippen molar-refractivity contribution < 1.29 is 8.83 Å². The Morgan fingerprint density at radius 1 is 0.286 bits per heavy atom. The Hall–Kier alpha value is -8.68. The van der Waals surface area contributed by atoms with Crippen molar-refractivity contribution >= 4 is 152 Å². The smallest absolute Gasteiger partial charge is 0.143 e. The Balaban J connectivity index is 0.908. The zero-order chi connectivity index (χ0) is 45.9. The highest BCUT2D eigenvalue weighted by atomic mass is 32.1. The third kappa shape index (κ3) is 6.07. The zero-order valence-electron chi connectivity index (χ0n) is 37.5. The molecule has 0 amide bonds. The fourth-order valence-electron chi connectivity index (χ4n) is 10.8. The molecule has 6 heteroatoms. The summed E-state index contributed by atoms with van der Waals surface area (Å²) < 4.78 is 18.3. The van der Waals surface area contributed by atoms with Crippen LogP contribution in [0.3, 0.4) is 0 Å². The van der Waals surface area contributed by atoms with Gasteiger partial charge in [-0.05, 0) is 101 Å². The largest absolute Gasteiger partial charge is 0.456 e. The number of thiophene rings is 2. The lowest BCUT2D eigenvalue weighted by atomic mass is 10.0. The second kappa shape index (κ2) is 15.4. The molecular formula is C64H38N2O2S2. The topological polar surface area (TPSA) is 32.8 Å². The Labute approximate surface area is 409 Å². The van der Waals surface area contributed by atoms with Crippen molar-refractivity contribution in [1.82, 2.24) is 0 Å². The van der Waals surface area contributed by atoms with Crippen LogP contribution in [0.1, 0.15) is 0 Å². The number of furan rings is 2. The van der Waals surface area contributed by atoms with Gasteiger partial charge in [0.15, 0.2) is 0 Å². The van der Waals surface area contributed by atoms with Gasteiger partial charge in [0.1, 0.15) is 22.3 Å². The zero-order valence-corrected chi connectivity index (χ0v) is 39.1. The molecule has 15 rings (SSSR count). The number of benzene rings is 11. The first kappa shape index (κ1) is 39.3. The molecule has 11 aromatic carbocycles. The molecule has 0 atom stereocenters. The van der Waals surface area contributed by atoms with Crippen molar-refractivity contribution in [2.24, 2.45) is 0 Å². The van der Waals surface area contributed by atoms with E-state index in [-0.39, 0.29) is 0 Å². The van der Waals surface area contributed by atoms with Gasteiger partial charge in [-0.25, -0.2) is 0 Å². The normalized spacial score (nSPS) is 12.0. The van der Waals surface area contributed by atoms with Gasteiger partial charge in [0.2, 0.25) is 0 Å². The Morgan fingerprint density at radius 3 is 1.37 bits per heavy atom. The summed E-state index contributed by atoms with van der Waals surface area (Å²) in [5.74, 6) is 0. The highest BCUT2D eigenvalue weighted by Gasteiger charge is 2.23. The minimum Gasteiger partial charge on any atom is -0.456 e. The van der Waals surface area contributed by atoms with E-state index in [0.717, 1.165) is 94.5 Å². The van der Waals surface area contributed by atoms with Crippen LogP contribution in [0.5, 0.6) is 0 Å². The second-order valence-corrected chi connectivity index (χ2v) is 20.1. The molecule has 0 aliphatic heterocycles. The lowest BCUT2D eigenvalue weighted by Crippen LogP contribution is -2.10. The van der Waals surface area contributed by atoms with E-state index in [1.54, 1.807) is 0 Å². The van der Waals surface area contributed by atoms with Gasteiger partial charge in [-0.3, -0.25) is 0 Å². The molecule has 0 spiro atoms. The maximum absolute atomic E-state index is 6.81. The van der Waals surface area contributed by atoms with Crippen LogP contribution in [0.25, 0.3) is 106 Å². The van der Waals surface area contributed by atoms with Crippen LogP contribution in [0, 0.1) is 0 Å². The summed E-state index contributed by atoms with van der Waals surface area (Å²) in [5.41, 5.74) is 12.1. The maximum atomic E-state index is 6.81. The van der Waals surface area contributed by atoms with Crippen LogP contribution >= 0.6 is 22.7 Å². The van der Waals surface area contributed by atoms with Crippen LogP contribution < -0.4 is 9.80 Å². The highest BCUT2D eigenvalue weighted by molar-refractivity contribution is 7.26. The summed E-state index contributed by atoms with van der Waals surface area (Å²) in [5, 5.41) is 11.8. The van der Waals surface area contributed by atoms with Gasteiger partial charge in [-0.15, -0.1) is 22.7 Å². The van der Waals surface area contributed by atoms with Crippen LogP contribution in [0.15, 0.2) is 239 Å². The highest BCUT2D eigenvalue weighted by Crippen LogP contribution is 2.49. The summed E-state index contributed by atoms with van der Waals surface area (Å²) in [6, 6.07) is 83.3. The summed E-state index contributed by atoms with van der Waals surface area (Å²) in [7, 11) is 0. The molecule has 70 heavy (non-hydrogen) atoms. The number of anilines is 6. The summed E-state index contributed by atoms with van der Waals surface area (Å²) >= 11 is 3.69. The molecule has 0 radical (unpaired) electrons. The Morgan fingerprint density at radius 2 is 0.743 bits per heavy atom. The second-order valence-electron chi connectivity index (χ2n) is 18.0. The lowest BCUT2D eigenvalue weighted by molar-refractivity contribution is 0.669. The van der Waals surface area contributed by atoms with E-state index < -0.39 is 0 Å². The van der Waals surface area contributed by atoms with E-state index in [1.807, 2.05) is 34.8 Å². The maximum Gasteiger partial charge on any atom is 0.143 e. The quantitative estimate of drug-likeness (QED) is 0.159. The van der Waals surface area contributed by atoms with Gasteiger partial charge in [0, 0.05) is 92.8 Å². The van der Waals surface area contributed by atoms with Crippen LogP contribution in [-0.4, -0.2) is 0 Å². The number of nitrogens with zero attached hydrogens (tertiary/aromatic N) is 2. The molecule has 15 aromatic rings. The van der Waals surface area contributed by atoms with Crippen molar-refractivity contribution in [1.29, 1.82) is 0 Å². The van der Waals surface area contributed by atoms with Gasteiger partial charge in [-0.2, -0.15) is 0 Å². The Kier molecular flexibility index (Phi) is 8.66. The van der Waals surface area contributed by atoms with Gasteiger partial charge >= 0.3 is 0 Å². The van der Waals surface area contributed by atoms with E-state index in [4.69, 9.17) is 8.83 Å². The van der Waals surface area contributed by atoms with E-state index in [0.29, 0.717) is 0 Å². The average molecular weight is 931 g/mol. The van der Waals surface area contributed by atoms with Crippen LogP contribution in [0.2, 0.25) is 0 Å². The van der Waals surface area contributed by atoms with Gasteiger partial charge in [-0.1, -0.05) is 133 Å². The Bertz CT molecular complexity index is 4590. The average Bonchev–Trinajstić information content (AvgIpc) is 4.20. The number of para-hydroxylation sites is 1. The molecule has 0 fully saturated rings. The standard InChI is InChI=1S/C64H38N2O2S2/c1-2-18-46-39(13-1)29-32-52-49-34-31-45(38-59(49)68-62(46)52)66(56-25-12-23-54-51-21-5-8-28-61(51)70-64(54)56)43-17-10-15-41(36-43)40-14-9-16-42(35-40)65(44-30-33-48-47-19-3-6-26-57(47)67-58(48)37-44)55-24-11-22-53-50-20-4-7-27-60(50)69-63(53)55/h1-38H. The number of hydrogen-bond donors (Lipinski definition) is 0. The third-order valence-corrected chi connectivity index (χ3v) is 16.4. The molecule has 4 nitrogen and oxygen atoms in total. The number of hydrogen-bond acceptors (Lipinski definition) is 6.